The van der Waals surface area contributed by atoms with Crippen LogP contribution in [-0.2, 0) is 11.3 Å². The highest BCUT2D eigenvalue weighted by Crippen LogP contribution is 2.35. The standard InChI is InChI=1S/C22H27N5O4/c1-29-12-10-24-20-17(5-3-9-23-20)21-25-22(31-26-21)18-6-4-11-27(18)14-15-7-8-16(30-2)13-19(15)28/h3,5,7-9,13,18,28H,4,6,10-12,14H2,1-2H3,(H,23,24). The normalized spacial score (nSPS) is 16.5. The molecular formula is C22H27N5O4. The number of anilines is 1. The van der Waals surface area contributed by atoms with Gasteiger partial charge in [-0.3, -0.25) is 4.90 Å². The van der Waals surface area contributed by atoms with Crippen molar-refractivity contribution in [1.29, 1.82) is 0 Å². The Labute approximate surface area is 181 Å². The summed E-state index contributed by atoms with van der Waals surface area (Å²) in [5.41, 5.74) is 1.62. The maximum atomic E-state index is 10.3. The molecule has 1 saturated heterocycles. The van der Waals surface area contributed by atoms with Gasteiger partial charge in [0, 0.05) is 38.0 Å². The van der Waals surface area contributed by atoms with Crippen molar-refractivity contribution in [1.82, 2.24) is 20.0 Å². The minimum Gasteiger partial charge on any atom is -0.507 e. The highest BCUT2D eigenvalue weighted by Gasteiger charge is 2.31. The molecule has 0 bridgehead atoms. The van der Waals surface area contributed by atoms with Crippen molar-refractivity contribution in [2.24, 2.45) is 0 Å². The molecule has 1 fully saturated rings. The number of phenolic OH excluding ortho intramolecular Hbond substituents is 1. The van der Waals surface area contributed by atoms with Crippen molar-refractivity contribution >= 4 is 5.82 Å². The number of phenols is 1. The average molecular weight is 425 g/mol. The number of rotatable bonds is 9. The Hall–Kier alpha value is -3.17. The highest BCUT2D eigenvalue weighted by molar-refractivity contribution is 5.69. The summed E-state index contributed by atoms with van der Waals surface area (Å²) in [7, 11) is 3.24. The van der Waals surface area contributed by atoms with Crippen LogP contribution in [0.15, 0.2) is 41.1 Å². The zero-order valence-electron chi connectivity index (χ0n) is 17.7. The molecule has 0 radical (unpaired) electrons. The van der Waals surface area contributed by atoms with Crippen molar-refractivity contribution in [3.05, 3.63) is 48.0 Å². The van der Waals surface area contributed by atoms with Gasteiger partial charge in [0.05, 0.1) is 25.3 Å². The molecule has 1 unspecified atom stereocenters. The number of methoxy groups -OCH3 is 2. The predicted octanol–water partition coefficient (Wildman–Crippen LogP) is 3.24. The number of hydrogen-bond acceptors (Lipinski definition) is 9. The smallest absolute Gasteiger partial charge is 0.244 e. The van der Waals surface area contributed by atoms with Gasteiger partial charge in [-0.05, 0) is 37.6 Å². The van der Waals surface area contributed by atoms with Crippen LogP contribution in [0.1, 0.15) is 30.3 Å². The van der Waals surface area contributed by atoms with Gasteiger partial charge in [-0.2, -0.15) is 4.98 Å². The number of nitrogens with zero attached hydrogens (tertiary/aromatic N) is 4. The summed E-state index contributed by atoms with van der Waals surface area (Å²) < 4.78 is 15.9. The topological polar surface area (TPSA) is 106 Å². The Morgan fingerprint density at radius 2 is 2.19 bits per heavy atom. The first-order valence-electron chi connectivity index (χ1n) is 10.3. The van der Waals surface area contributed by atoms with Gasteiger partial charge in [0.15, 0.2) is 0 Å². The summed E-state index contributed by atoms with van der Waals surface area (Å²) >= 11 is 0. The highest BCUT2D eigenvalue weighted by atomic mass is 16.5. The van der Waals surface area contributed by atoms with Crippen molar-refractivity contribution < 1.29 is 19.1 Å². The quantitative estimate of drug-likeness (QED) is 0.500. The van der Waals surface area contributed by atoms with Crippen LogP contribution >= 0.6 is 0 Å². The van der Waals surface area contributed by atoms with Gasteiger partial charge in [-0.15, -0.1) is 0 Å². The van der Waals surface area contributed by atoms with Crippen LogP contribution < -0.4 is 10.1 Å². The monoisotopic (exact) mass is 425 g/mol. The molecule has 9 nitrogen and oxygen atoms in total. The first-order valence-corrected chi connectivity index (χ1v) is 10.3. The molecule has 0 saturated carbocycles. The molecule has 164 valence electrons. The van der Waals surface area contributed by atoms with Crippen LogP contribution in [0.5, 0.6) is 11.5 Å². The van der Waals surface area contributed by atoms with Crippen molar-refractivity contribution in [2.75, 3.05) is 39.2 Å². The molecule has 31 heavy (non-hydrogen) atoms. The maximum Gasteiger partial charge on any atom is 0.244 e. The van der Waals surface area contributed by atoms with E-state index in [1.807, 2.05) is 24.3 Å². The van der Waals surface area contributed by atoms with E-state index >= 15 is 0 Å². The summed E-state index contributed by atoms with van der Waals surface area (Å²) in [6.45, 7) is 2.69. The van der Waals surface area contributed by atoms with E-state index < -0.39 is 0 Å². The number of hydrogen-bond donors (Lipinski definition) is 2. The van der Waals surface area contributed by atoms with E-state index in [-0.39, 0.29) is 11.8 Å². The SMILES string of the molecule is COCCNc1ncccc1-c1noc(C2CCCN2Cc2ccc(OC)cc2O)n1. The lowest BCUT2D eigenvalue weighted by Gasteiger charge is -2.22. The number of likely N-dealkylation sites (tertiary alicyclic amines) is 1. The number of nitrogens with one attached hydrogen (secondary N) is 1. The van der Waals surface area contributed by atoms with Crippen LogP contribution in [0, 0.1) is 0 Å². The summed E-state index contributed by atoms with van der Waals surface area (Å²) in [6.07, 6.45) is 3.67. The zero-order chi connectivity index (χ0) is 21.6. The molecule has 1 atom stereocenters. The lowest BCUT2D eigenvalue weighted by atomic mass is 10.1. The Morgan fingerprint density at radius 3 is 3.00 bits per heavy atom. The van der Waals surface area contributed by atoms with Gasteiger partial charge in [-0.25, -0.2) is 4.98 Å². The van der Waals surface area contributed by atoms with Gasteiger partial charge >= 0.3 is 0 Å². The van der Waals surface area contributed by atoms with Crippen LogP contribution in [0.25, 0.3) is 11.4 Å². The van der Waals surface area contributed by atoms with Crippen LogP contribution in [0.3, 0.4) is 0 Å². The van der Waals surface area contributed by atoms with Crippen LogP contribution in [-0.4, -0.2) is 59.0 Å². The molecule has 4 rings (SSSR count). The lowest BCUT2D eigenvalue weighted by molar-refractivity contribution is 0.199. The second-order valence-corrected chi connectivity index (χ2v) is 7.40. The third-order valence-electron chi connectivity index (χ3n) is 5.40. The molecule has 0 amide bonds. The van der Waals surface area contributed by atoms with E-state index in [2.05, 4.69) is 25.3 Å². The second-order valence-electron chi connectivity index (χ2n) is 7.40. The Bertz CT molecular complexity index is 1010. The Kier molecular flexibility index (Phi) is 6.63. The first kappa shape index (κ1) is 21.1. The maximum absolute atomic E-state index is 10.3. The molecule has 0 aliphatic carbocycles. The van der Waals surface area contributed by atoms with Crippen molar-refractivity contribution in [2.45, 2.75) is 25.4 Å². The third-order valence-corrected chi connectivity index (χ3v) is 5.40. The summed E-state index contributed by atoms with van der Waals surface area (Å²) in [5, 5.41) is 17.8. The fraction of sp³-hybridized carbons (Fsp3) is 0.409. The minimum atomic E-state index is 0.00400. The first-order chi connectivity index (χ1) is 15.2. The number of ether oxygens (including phenoxy) is 2. The molecular weight excluding hydrogens is 398 g/mol. The van der Waals surface area contributed by atoms with Gasteiger partial charge < -0.3 is 24.4 Å². The summed E-state index contributed by atoms with van der Waals surface area (Å²) in [5.74, 6) is 2.62. The number of pyridine rings is 1. The molecule has 1 aliphatic heterocycles. The fourth-order valence-corrected chi connectivity index (χ4v) is 3.80. The molecule has 2 N–H and O–H groups in total. The van der Waals surface area contributed by atoms with Crippen molar-refractivity contribution in [3.8, 4) is 22.9 Å². The van der Waals surface area contributed by atoms with E-state index in [4.69, 9.17) is 14.0 Å². The minimum absolute atomic E-state index is 0.00400. The molecule has 3 heterocycles. The van der Waals surface area contributed by atoms with E-state index in [1.165, 1.54) is 0 Å². The lowest BCUT2D eigenvalue weighted by Crippen LogP contribution is -2.23. The fourth-order valence-electron chi connectivity index (χ4n) is 3.80. The molecule has 0 spiro atoms. The Balaban J connectivity index is 1.51. The average Bonchev–Trinajstić information content (AvgIpc) is 3.45. The second kappa shape index (κ2) is 9.76. The van der Waals surface area contributed by atoms with Crippen LogP contribution in [0.4, 0.5) is 5.82 Å². The third kappa shape index (κ3) is 4.78. The zero-order valence-corrected chi connectivity index (χ0v) is 17.7. The van der Waals surface area contributed by atoms with E-state index in [0.717, 1.165) is 30.5 Å². The number of aromatic hydroxyl groups is 1. The van der Waals surface area contributed by atoms with E-state index in [9.17, 15) is 5.11 Å². The van der Waals surface area contributed by atoms with Gasteiger partial charge in [0.2, 0.25) is 11.7 Å². The number of benzene rings is 1. The van der Waals surface area contributed by atoms with Crippen LogP contribution in [0.2, 0.25) is 0 Å². The molecule has 2 aromatic heterocycles. The van der Waals surface area contributed by atoms with E-state index in [1.54, 1.807) is 26.5 Å². The number of aromatic nitrogens is 3. The largest absolute Gasteiger partial charge is 0.507 e. The molecule has 1 aromatic carbocycles. The van der Waals surface area contributed by atoms with Gasteiger partial charge in [0.25, 0.3) is 0 Å². The Morgan fingerprint density at radius 1 is 1.29 bits per heavy atom. The van der Waals surface area contributed by atoms with E-state index in [0.29, 0.717) is 43.0 Å². The van der Waals surface area contributed by atoms with Crippen molar-refractivity contribution in [3.63, 3.8) is 0 Å². The van der Waals surface area contributed by atoms with Gasteiger partial charge in [0.1, 0.15) is 17.3 Å². The molecule has 3 aromatic rings. The van der Waals surface area contributed by atoms with Gasteiger partial charge in [-0.1, -0.05) is 11.2 Å². The predicted molar refractivity (Wildman–Crippen MR) is 115 cm³/mol. The molecule has 1 aliphatic rings. The summed E-state index contributed by atoms with van der Waals surface area (Å²) in [6, 6.07) is 9.14. The molecule has 9 heteroatoms. The summed E-state index contributed by atoms with van der Waals surface area (Å²) in [4.78, 5) is 11.3.